The molecular weight excluding hydrogens is 314 g/mol. The van der Waals surface area contributed by atoms with Gasteiger partial charge in [-0.2, -0.15) is 8.42 Å². The van der Waals surface area contributed by atoms with E-state index < -0.39 is 10.1 Å². The van der Waals surface area contributed by atoms with Gasteiger partial charge in [-0.25, -0.2) is 0 Å². The summed E-state index contributed by atoms with van der Waals surface area (Å²) < 4.78 is 28.9. The molecule has 0 heterocycles. The van der Waals surface area contributed by atoms with Gasteiger partial charge < -0.3 is 5.32 Å². The Labute approximate surface area is 136 Å². The minimum atomic E-state index is -3.71. The fourth-order valence-corrected chi connectivity index (χ4v) is 2.85. The molecule has 0 aromatic heterocycles. The number of aldehydes is 1. The van der Waals surface area contributed by atoms with Crippen molar-refractivity contribution in [3.63, 3.8) is 0 Å². The first-order valence-electron chi connectivity index (χ1n) is 7.22. The summed E-state index contributed by atoms with van der Waals surface area (Å²) in [4.78, 5) is 10.7. The second-order valence-electron chi connectivity index (χ2n) is 5.13. The largest absolute Gasteiger partial charge is 0.310 e. The predicted octanol–water partition coefficient (Wildman–Crippen LogP) is 2.30. The van der Waals surface area contributed by atoms with Gasteiger partial charge in [0.25, 0.3) is 10.1 Å². The summed E-state index contributed by atoms with van der Waals surface area (Å²) in [5.41, 5.74) is 2.63. The molecule has 0 aliphatic carbocycles. The normalized spacial score (nSPS) is 11.3. The zero-order valence-corrected chi connectivity index (χ0v) is 13.7. The van der Waals surface area contributed by atoms with E-state index in [4.69, 9.17) is 4.18 Å². The predicted molar refractivity (Wildman–Crippen MR) is 87.9 cm³/mol. The highest BCUT2D eigenvalue weighted by Gasteiger charge is 2.14. The molecule has 0 unspecified atom stereocenters. The van der Waals surface area contributed by atoms with Crippen molar-refractivity contribution < 1.29 is 17.4 Å². The molecule has 0 radical (unpaired) electrons. The summed E-state index contributed by atoms with van der Waals surface area (Å²) in [6.07, 6.45) is 0.793. The molecule has 2 aromatic carbocycles. The van der Waals surface area contributed by atoms with E-state index in [0.717, 1.165) is 17.4 Å². The SMILES string of the molecule is Cc1ccc(S(=O)(=O)OCCNCc2ccc(C=O)cc2)cc1. The summed E-state index contributed by atoms with van der Waals surface area (Å²) in [5.74, 6) is 0. The molecule has 0 aliphatic heterocycles. The van der Waals surface area contributed by atoms with E-state index in [9.17, 15) is 13.2 Å². The Morgan fingerprint density at radius 1 is 1.04 bits per heavy atom. The molecule has 23 heavy (non-hydrogen) atoms. The van der Waals surface area contributed by atoms with Gasteiger partial charge in [0.2, 0.25) is 0 Å². The van der Waals surface area contributed by atoms with Gasteiger partial charge in [-0.1, -0.05) is 42.0 Å². The lowest BCUT2D eigenvalue weighted by atomic mass is 10.1. The Kier molecular flexibility index (Phi) is 6.04. The van der Waals surface area contributed by atoms with Crippen molar-refractivity contribution in [3.05, 3.63) is 65.2 Å². The Bertz CT molecular complexity index is 737. The van der Waals surface area contributed by atoms with Crippen LogP contribution in [0.1, 0.15) is 21.5 Å². The molecular formula is C17H19NO4S. The van der Waals surface area contributed by atoms with Gasteiger partial charge in [-0.3, -0.25) is 8.98 Å². The van der Waals surface area contributed by atoms with Crippen molar-refractivity contribution >= 4 is 16.4 Å². The Balaban J connectivity index is 1.76. The highest BCUT2D eigenvalue weighted by Crippen LogP contribution is 2.12. The number of aryl methyl sites for hydroxylation is 1. The lowest BCUT2D eigenvalue weighted by Gasteiger charge is -2.07. The van der Waals surface area contributed by atoms with Crippen LogP contribution >= 0.6 is 0 Å². The summed E-state index contributed by atoms with van der Waals surface area (Å²) >= 11 is 0. The van der Waals surface area contributed by atoms with E-state index >= 15 is 0 Å². The van der Waals surface area contributed by atoms with Gasteiger partial charge in [0.15, 0.2) is 0 Å². The quantitative estimate of drug-likeness (QED) is 0.456. The number of benzene rings is 2. The first-order chi connectivity index (χ1) is 11.0. The second-order valence-corrected chi connectivity index (χ2v) is 6.74. The van der Waals surface area contributed by atoms with Crippen LogP contribution in [0.2, 0.25) is 0 Å². The van der Waals surface area contributed by atoms with Crippen molar-refractivity contribution in [3.8, 4) is 0 Å². The fourth-order valence-electron chi connectivity index (χ4n) is 1.94. The number of carbonyl (C=O) groups excluding carboxylic acids is 1. The zero-order chi connectivity index (χ0) is 16.7. The summed E-state index contributed by atoms with van der Waals surface area (Å²) in [7, 11) is -3.71. The van der Waals surface area contributed by atoms with Crippen LogP contribution in [0.15, 0.2) is 53.4 Å². The number of rotatable bonds is 8. The molecule has 0 fully saturated rings. The molecule has 122 valence electrons. The molecule has 2 rings (SSSR count). The third kappa shape index (κ3) is 5.28. The lowest BCUT2D eigenvalue weighted by molar-refractivity contribution is 0.112. The van der Waals surface area contributed by atoms with Gasteiger partial charge in [0.05, 0.1) is 11.5 Å². The first-order valence-corrected chi connectivity index (χ1v) is 8.63. The molecule has 5 nitrogen and oxygen atoms in total. The average molecular weight is 333 g/mol. The van der Waals surface area contributed by atoms with Gasteiger partial charge in [0, 0.05) is 18.7 Å². The van der Waals surface area contributed by atoms with Crippen LogP contribution in [-0.2, 0) is 20.8 Å². The minimum absolute atomic E-state index is 0.0582. The molecule has 0 bridgehead atoms. The van der Waals surface area contributed by atoms with Crippen LogP contribution in [-0.4, -0.2) is 27.9 Å². The third-order valence-corrected chi connectivity index (χ3v) is 4.60. The first kappa shape index (κ1) is 17.3. The van der Waals surface area contributed by atoms with Crippen LogP contribution in [0.25, 0.3) is 0 Å². The summed E-state index contributed by atoms with van der Waals surface area (Å²) in [5, 5.41) is 3.09. The van der Waals surface area contributed by atoms with E-state index in [-0.39, 0.29) is 11.5 Å². The standard InChI is InChI=1S/C17H19NO4S/c1-14-2-8-17(9-3-14)23(20,21)22-11-10-18-12-15-4-6-16(13-19)7-5-15/h2-9,13,18H,10-12H2,1H3. The Morgan fingerprint density at radius 2 is 1.70 bits per heavy atom. The van der Waals surface area contributed by atoms with Crippen LogP contribution in [0.5, 0.6) is 0 Å². The van der Waals surface area contributed by atoms with E-state index in [1.807, 2.05) is 19.1 Å². The van der Waals surface area contributed by atoms with Crippen LogP contribution < -0.4 is 5.32 Å². The molecule has 1 N–H and O–H groups in total. The summed E-state index contributed by atoms with van der Waals surface area (Å²) in [6.45, 7) is 2.93. The van der Waals surface area contributed by atoms with Gasteiger partial charge in [-0.15, -0.1) is 0 Å². The maximum atomic E-state index is 12.0. The molecule has 0 spiro atoms. The van der Waals surface area contributed by atoms with Crippen LogP contribution in [0, 0.1) is 6.92 Å². The van der Waals surface area contributed by atoms with Crippen molar-refractivity contribution in [2.75, 3.05) is 13.2 Å². The topological polar surface area (TPSA) is 72.5 Å². The fraction of sp³-hybridized carbons (Fsp3) is 0.235. The van der Waals surface area contributed by atoms with E-state index in [1.54, 1.807) is 24.3 Å². The molecule has 2 aromatic rings. The van der Waals surface area contributed by atoms with E-state index in [1.165, 1.54) is 12.1 Å². The highest BCUT2D eigenvalue weighted by molar-refractivity contribution is 7.86. The Morgan fingerprint density at radius 3 is 2.30 bits per heavy atom. The van der Waals surface area contributed by atoms with Gasteiger partial charge >= 0.3 is 0 Å². The van der Waals surface area contributed by atoms with Crippen LogP contribution in [0.3, 0.4) is 0 Å². The lowest BCUT2D eigenvalue weighted by Crippen LogP contribution is -2.21. The average Bonchev–Trinajstić information content (AvgIpc) is 2.55. The monoisotopic (exact) mass is 333 g/mol. The number of nitrogens with one attached hydrogen (secondary N) is 1. The minimum Gasteiger partial charge on any atom is -0.310 e. The highest BCUT2D eigenvalue weighted by atomic mass is 32.2. The van der Waals surface area contributed by atoms with E-state index in [2.05, 4.69) is 5.32 Å². The smallest absolute Gasteiger partial charge is 0.297 e. The molecule has 6 heteroatoms. The number of carbonyl (C=O) groups is 1. The second kappa shape index (κ2) is 8.01. The zero-order valence-electron chi connectivity index (χ0n) is 12.9. The molecule has 0 saturated heterocycles. The number of hydrogen-bond donors (Lipinski definition) is 1. The van der Waals surface area contributed by atoms with Crippen molar-refractivity contribution in [1.29, 1.82) is 0 Å². The molecule has 0 atom stereocenters. The molecule has 0 saturated carbocycles. The maximum Gasteiger partial charge on any atom is 0.297 e. The van der Waals surface area contributed by atoms with Gasteiger partial charge in [-0.05, 0) is 24.6 Å². The van der Waals surface area contributed by atoms with Crippen molar-refractivity contribution in [2.45, 2.75) is 18.4 Å². The van der Waals surface area contributed by atoms with Crippen LogP contribution in [0.4, 0.5) is 0 Å². The summed E-state index contributed by atoms with van der Waals surface area (Å²) in [6, 6.07) is 13.7. The van der Waals surface area contributed by atoms with Crippen molar-refractivity contribution in [1.82, 2.24) is 5.32 Å². The van der Waals surface area contributed by atoms with Gasteiger partial charge in [0.1, 0.15) is 6.29 Å². The van der Waals surface area contributed by atoms with Crippen molar-refractivity contribution in [2.24, 2.45) is 0 Å². The Hall–Kier alpha value is -2.02. The molecule has 0 aliphatic rings. The van der Waals surface area contributed by atoms with E-state index in [0.29, 0.717) is 18.7 Å². The third-order valence-electron chi connectivity index (χ3n) is 3.27. The molecule has 0 amide bonds. The maximum absolute atomic E-state index is 12.0. The number of hydrogen-bond acceptors (Lipinski definition) is 5.